The van der Waals surface area contributed by atoms with Crippen LogP contribution in [0.15, 0.2) is 35.6 Å². The molecule has 19 heavy (non-hydrogen) atoms. The van der Waals surface area contributed by atoms with Crippen molar-refractivity contribution in [3.63, 3.8) is 0 Å². The van der Waals surface area contributed by atoms with E-state index in [0.717, 1.165) is 16.3 Å². The number of benzene rings is 1. The fraction of sp³-hybridized carbons (Fsp3) is 0.231. The first-order valence-corrected chi connectivity index (χ1v) is 6.96. The molecule has 0 bridgehead atoms. The van der Waals surface area contributed by atoms with Crippen molar-refractivity contribution in [1.29, 1.82) is 0 Å². The number of aromatic nitrogens is 2. The van der Waals surface area contributed by atoms with Gasteiger partial charge in [-0.25, -0.2) is 4.98 Å². The van der Waals surface area contributed by atoms with E-state index in [9.17, 15) is 4.79 Å². The molecule has 1 aliphatic rings. The monoisotopic (exact) mass is 274 g/mol. The van der Waals surface area contributed by atoms with Gasteiger partial charge in [-0.05, 0) is 18.2 Å². The minimum Gasteiger partial charge on any atom is -0.399 e. The molecule has 0 spiro atoms. The molecule has 6 heteroatoms. The number of aryl methyl sites for hydroxylation is 1. The third-order valence-corrected chi connectivity index (χ3v) is 4.06. The second kappa shape index (κ2) is 4.62. The largest absolute Gasteiger partial charge is 0.399 e. The maximum atomic E-state index is 12.5. The topological polar surface area (TPSA) is 64.2 Å². The highest BCUT2D eigenvalue weighted by Gasteiger charge is 2.25. The third-order valence-electron chi connectivity index (χ3n) is 3.02. The van der Waals surface area contributed by atoms with E-state index in [2.05, 4.69) is 4.98 Å². The maximum absolute atomic E-state index is 12.5. The Morgan fingerprint density at radius 2 is 2.32 bits per heavy atom. The van der Waals surface area contributed by atoms with E-state index < -0.39 is 0 Å². The van der Waals surface area contributed by atoms with Crippen molar-refractivity contribution in [3.05, 3.63) is 36.4 Å². The first-order valence-electron chi connectivity index (χ1n) is 5.97. The summed E-state index contributed by atoms with van der Waals surface area (Å²) in [5, 5.41) is 0. The zero-order valence-corrected chi connectivity index (χ0v) is 11.4. The van der Waals surface area contributed by atoms with E-state index in [0.29, 0.717) is 17.9 Å². The van der Waals surface area contributed by atoms with Crippen molar-refractivity contribution in [1.82, 2.24) is 9.55 Å². The Bertz CT molecular complexity index is 637. The van der Waals surface area contributed by atoms with Gasteiger partial charge in [-0.1, -0.05) is 0 Å². The molecule has 1 amide bonds. The number of nitrogens with two attached hydrogens (primary N) is 1. The number of rotatable bonds is 1. The Balaban J connectivity index is 1.99. The lowest BCUT2D eigenvalue weighted by atomic mass is 10.2. The van der Waals surface area contributed by atoms with Crippen LogP contribution in [0.25, 0.3) is 0 Å². The van der Waals surface area contributed by atoms with Gasteiger partial charge in [-0.3, -0.25) is 4.79 Å². The van der Waals surface area contributed by atoms with Gasteiger partial charge in [0.05, 0.1) is 12.0 Å². The van der Waals surface area contributed by atoms with Gasteiger partial charge >= 0.3 is 0 Å². The highest BCUT2D eigenvalue weighted by molar-refractivity contribution is 7.99. The quantitative estimate of drug-likeness (QED) is 0.805. The van der Waals surface area contributed by atoms with Crippen LogP contribution in [0.2, 0.25) is 0 Å². The van der Waals surface area contributed by atoms with Crippen LogP contribution in [-0.4, -0.2) is 27.8 Å². The highest BCUT2D eigenvalue weighted by atomic mass is 32.2. The van der Waals surface area contributed by atoms with Crippen molar-refractivity contribution in [2.75, 3.05) is 22.9 Å². The molecule has 3 rings (SSSR count). The standard InChI is InChI=1S/C13H14N4OS/c1-16-7-10(15-8-16)13(18)17-4-5-19-12-3-2-9(14)6-11(12)17/h2-3,6-8H,4-5,14H2,1H3. The number of amides is 1. The molecule has 1 aliphatic heterocycles. The van der Waals surface area contributed by atoms with E-state index in [1.54, 1.807) is 33.8 Å². The molecular weight excluding hydrogens is 260 g/mol. The van der Waals surface area contributed by atoms with Crippen molar-refractivity contribution >= 4 is 29.0 Å². The molecule has 2 N–H and O–H groups in total. The number of anilines is 2. The van der Waals surface area contributed by atoms with Gasteiger partial charge in [-0.2, -0.15) is 0 Å². The predicted molar refractivity (Wildman–Crippen MR) is 76.5 cm³/mol. The molecule has 0 saturated carbocycles. The van der Waals surface area contributed by atoms with Gasteiger partial charge in [0.2, 0.25) is 0 Å². The number of imidazole rings is 1. The molecular formula is C13H14N4OS. The Morgan fingerprint density at radius 1 is 1.47 bits per heavy atom. The summed E-state index contributed by atoms with van der Waals surface area (Å²) in [6, 6.07) is 5.68. The molecule has 98 valence electrons. The van der Waals surface area contributed by atoms with Crippen LogP contribution in [-0.2, 0) is 7.05 Å². The molecule has 1 aromatic carbocycles. The normalized spacial score (nSPS) is 14.3. The Hall–Kier alpha value is -1.95. The molecule has 2 aromatic rings. The second-order valence-corrected chi connectivity index (χ2v) is 5.59. The number of nitrogens with zero attached hydrogens (tertiary/aromatic N) is 3. The number of fused-ring (bicyclic) bond motifs is 1. The zero-order chi connectivity index (χ0) is 13.4. The van der Waals surface area contributed by atoms with Crippen LogP contribution in [0.3, 0.4) is 0 Å². The van der Waals surface area contributed by atoms with Gasteiger partial charge in [0.1, 0.15) is 5.69 Å². The van der Waals surface area contributed by atoms with Crippen molar-refractivity contribution in [2.24, 2.45) is 7.05 Å². The Labute approximate surface area is 115 Å². The SMILES string of the molecule is Cn1cnc(C(=O)N2CCSc3ccc(N)cc32)c1. The smallest absolute Gasteiger partial charge is 0.278 e. The van der Waals surface area contributed by atoms with Crippen LogP contribution in [0, 0.1) is 0 Å². The summed E-state index contributed by atoms with van der Waals surface area (Å²) in [6.45, 7) is 0.677. The average Bonchev–Trinajstić information content (AvgIpc) is 2.84. The van der Waals surface area contributed by atoms with E-state index in [4.69, 9.17) is 5.73 Å². The molecule has 0 atom stereocenters. The molecule has 0 fully saturated rings. The molecule has 1 aromatic heterocycles. The van der Waals surface area contributed by atoms with E-state index in [-0.39, 0.29) is 5.91 Å². The third kappa shape index (κ3) is 2.19. The summed E-state index contributed by atoms with van der Waals surface area (Å²) in [4.78, 5) is 19.4. The minimum atomic E-state index is -0.0762. The summed E-state index contributed by atoms with van der Waals surface area (Å²) in [5.74, 6) is 0.808. The molecule has 5 nitrogen and oxygen atoms in total. The fourth-order valence-corrected chi connectivity index (χ4v) is 3.08. The highest BCUT2D eigenvalue weighted by Crippen LogP contribution is 2.36. The van der Waals surface area contributed by atoms with Gasteiger partial charge in [-0.15, -0.1) is 11.8 Å². The van der Waals surface area contributed by atoms with Crippen molar-refractivity contribution in [3.8, 4) is 0 Å². The molecule has 2 heterocycles. The lowest BCUT2D eigenvalue weighted by molar-refractivity contribution is 0.0983. The minimum absolute atomic E-state index is 0.0762. The summed E-state index contributed by atoms with van der Waals surface area (Å²) in [7, 11) is 1.85. The Kier molecular flexibility index (Phi) is 2.94. The maximum Gasteiger partial charge on any atom is 0.278 e. The Morgan fingerprint density at radius 3 is 3.05 bits per heavy atom. The summed E-state index contributed by atoms with van der Waals surface area (Å²) in [6.07, 6.45) is 3.36. The molecule has 0 aliphatic carbocycles. The number of carbonyl (C=O) groups is 1. The number of nitrogen functional groups attached to an aromatic ring is 1. The lowest BCUT2D eigenvalue weighted by Gasteiger charge is -2.28. The number of carbonyl (C=O) groups excluding carboxylic acids is 1. The summed E-state index contributed by atoms with van der Waals surface area (Å²) in [5.41, 5.74) is 7.83. The predicted octanol–water partition coefficient (Wildman–Crippen LogP) is 1.75. The van der Waals surface area contributed by atoms with Gasteiger partial charge in [0.25, 0.3) is 5.91 Å². The molecule has 0 unspecified atom stereocenters. The van der Waals surface area contributed by atoms with Crippen molar-refractivity contribution in [2.45, 2.75) is 4.90 Å². The zero-order valence-electron chi connectivity index (χ0n) is 10.5. The first-order chi connectivity index (χ1) is 9.15. The number of hydrogen-bond donors (Lipinski definition) is 1. The van der Waals surface area contributed by atoms with Gasteiger partial charge in [0.15, 0.2) is 0 Å². The van der Waals surface area contributed by atoms with E-state index in [1.807, 2.05) is 25.2 Å². The van der Waals surface area contributed by atoms with Crippen LogP contribution in [0.4, 0.5) is 11.4 Å². The molecule has 0 saturated heterocycles. The van der Waals surface area contributed by atoms with Gasteiger partial charge < -0.3 is 15.2 Å². The fourth-order valence-electron chi connectivity index (χ4n) is 2.11. The van der Waals surface area contributed by atoms with Crippen LogP contribution in [0.1, 0.15) is 10.5 Å². The first kappa shape index (κ1) is 12.1. The number of thioether (sulfide) groups is 1. The average molecular weight is 274 g/mol. The summed E-state index contributed by atoms with van der Waals surface area (Å²) >= 11 is 1.74. The van der Waals surface area contributed by atoms with Crippen LogP contribution >= 0.6 is 11.8 Å². The van der Waals surface area contributed by atoms with E-state index in [1.165, 1.54) is 0 Å². The van der Waals surface area contributed by atoms with Crippen LogP contribution in [0.5, 0.6) is 0 Å². The lowest BCUT2D eigenvalue weighted by Crippen LogP contribution is -2.35. The second-order valence-electron chi connectivity index (χ2n) is 4.46. The van der Waals surface area contributed by atoms with Crippen molar-refractivity contribution < 1.29 is 4.79 Å². The van der Waals surface area contributed by atoms with Gasteiger partial charge in [0, 0.05) is 36.1 Å². The van der Waals surface area contributed by atoms with E-state index >= 15 is 0 Å². The molecule has 0 radical (unpaired) electrons. The number of hydrogen-bond acceptors (Lipinski definition) is 4. The summed E-state index contributed by atoms with van der Waals surface area (Å²) < 4.78 is 1.77. The van der Waals surface area contributed by atoms with Crippen LogP contribution < -0.4 is 10.6 Å².